The van der Waals surface area contributed by atoms with E-state index in [2.05, 4.69) is 15.6 Å². The summed E-state index contributed by atoms with van der Waals surface area (Å²) in [5, 5.41) is 8.46. The Morgan fingerprint density at radius 2 is 2.00 bits per heavy atom. The van der Waals surface area contributed by atoms with Crippen molar-refractivity contribution >= 4 is 28.4 Å². The number of anilines is 1. The lowest BCUT2D eigenvalue weighted by atomic mass is 10.2. The van der Waals surface area contributed by atoms with Crippen LogP contribution in [0.3, 0.4) is 0 Å². The maximum absolute atomic E-state index is 12.8. The molecular weight excluding hydrogens is 288 g/mol. The average Bonchev–Trinajstić information content (AvgIpc) is 2.98. The van der Waals surface area contributed by atoms with Gasteiger partial charge in [0.05, 0.1) is 5.52 Å². The maximum Gasteiger partial charge on any atom is 0.338 e. The zero-order chi connectivity index (χ0) is 15.9. The molecule has 0 saturated carbocycles. The molecule has 2 aromatic heterocycles. The van der Waals surface area contributed by atoms with Crippen LogP contribution in [0.1, 0.15) is 13.0 Å². The molecule has 1 unspecified atom stereocenters. The second-order valence-corrected chi connectivity index (χ2v) is 4.68. The van der Waals surface area contributed by atoms with Gasteiger partial charge in [0, 0.05) is 5.39 Å². The highest BCUT2D eigenvalue weighted by Gasteiger charge is 2.22. The zero-order valence-electron chi connectivity index (χ0n) is 11.6. The number of amides is 1. The molecule has 1 atom stereocenters. The average molecular weight is 302 g/mol. The summed E-state index contributed by atoms with van der Waals surface area (Å²) in [6, 6.07) is 6.25. The number of nitrogens with zero attached hydrogens (tertiary/aromatic N) is 4. The highest BCUT2D eigenvalue weighted by Crippen LogP contribution is 2.21. The Morgan fingerprint density at radius 3 is 2.68 bits per heavy atom. The molecule has 0 aliphatic heterocycles. The van der Waals surface area contributed by atoms with E-state index in [0.717, 1.165) is 0 Å². The van der Waals surface area contributed by atoms with Crippen molar-refractivity contribution < 1.29 is 4.79 Å². The third-order valence-corrected chi connectivity index (χ3v) is 3.50. The number of benzene rings is 1. The molecule has 114 valence electrons. The molecule has 0 aliphatic rings. The van der Waals surface area contributed by atoms with Crippen LogP contribution in [0.25, 0.3) is 16.6 Å². The fraction of sp³-hybridized carbons (Fsp3) is 0.167. The molecular formula is C12H14N8O2. The van der Waals surface area contributed by atoms with E-state index in [1.807, 2.05) is 5.43 Å². The number of carbonyl (C=O) groups excluding carboxylic acids is 1. The first kappa shape index (κ1) is 14.0. The molecule has 10 nitrogen and oxygen atoms in total. The smallest absolute Gasteiger partial charge is 0.292 e. The first-order valence-corrected chi connectivity index (χ1v) is 6.45. The van der Waals surface area contributed by atoms with Crippen LogP contribution in [0.15, 0.2) is 29.1 Å². The van der Waals surface area contributed by atoms with Crippen molar-refractivity contribution in [3.8, 4) is 0 Å². The fourth-order valence-electron chi connectivity index (χ4n) is 2.43. The molecule has 0 fully saturated rings. The van der Waals surface area contributed by atoms with E-state index >= 15 is 0 Å². The minimum absolute atomic E-state index is 0.0832. The number of hydrogen-bond donors (Lipinski definition) is 4. The lowest BCUT2D eigenvalue weighted by Gasteiger charge is -2.17. The van der Waals surface area contributed by atoms with Gasteiger partial charge in [0.15, 0.2) is 5.65 Å². The number of nitrogen functional groups attached to an aromatic ring is 1. The van der Waals surface area contributed by atoms with Gasteiger partial charge in [-0.15, -0.1) is 10.2 Å². The van der Waals surface area contributed by atoms with E-state index in [0.29, 0.717) is 16.6 Å². The number of carbonyl (C=O) groups is 1. The molecule has 0 spiro atoms. The Morgan fingerprint density at radius 1 is 1.27 bits per heavy atom. The van der Waals surface area contributed by atoms with E-state index in [4.69, 9.17) is 11.7 Å². The Hall–Kier alpha value is -2.98. The number of hydrogen-bond acceptors (Lipinski definition) is 7. The largest absolute Gasteiger partial charge is 0.338 e. The van der Waals surface area contributed by atoms with Crippen LogP contribution in [0.5, 0.6) is 0 Å². The summed E-state index contributed by atoms with van der Waals surface area (Å²) in [4.78, 5) is 24.6. The summed E-state index contributed by atoms with van der Waals surface area (Å²) in [5.41, 5.74) is 4.76. The van der Waals surface area contributed by atoms with E-state index < -0.39 is 17.6 Å². The number of nitrogens with two attached hydrogens (primary N) is 2. The van der Waals surface area contributed by atoms with Crippen LogP contribution in [0.4, 0.5) is 5.95 Å². The van der Waals surface area contributed by atoms with Crippen molar-refractivity contribution in [1.29, 1.82) is 0 Å². The molecule has 1 amide bonds. The van der Waals surface area contributed by atoms with Crippen LogP contribution in [0, 0.1) is 0 Å². The molecule has 3 aromatic rings. The van der Waals surface area contributed by atoms with Gasteiger partial charge >= 0.3 is 5.69 Å². The number of para-hydroxylation sites is 1. The predicted molar refractivity (Wildman–Crippen MR) is 79.6 cm³/mol. The number of rotatable bonds is 3. The standard InChI is InChI=1S/C12H14N8O2/c1-6(10(21)15-13)19-8-5-3-2-4-7(8)9-17-18-11(16-14)20(9)12(19)22/h2-6H,13-14H2,1H3,(H,15,21)(H,16,18). The summed E-state index contributed by atoms with van der Waals surface area (Å²) in [6.45, 7) is 1.57. The van der Waals surface area contributed by atoms with Gasteiger partial charge in [0.2, 0.25) is 5.95 Å². The van der Waals surface area contributed by atoms with Gasteiger partial charge in [-0.1, -0.05) is 12.1 Å². The molecule has 0 bridgehead atoms. The van der Waals surface area contributed by atoms with Crippen molar-refractivity contribution in [3.63, 3.8) is 0 Å². The molecule has 2 heterocycles. The summed E-state index contributed by atoms with van der Waals surface area (Å²) in [5.74, 6) is 10.1. The van der Waals surface area contributed by atoms with Crippen molar-refractivity contribution in [2.75, 3.05) is 5.43 Å². The van der Waals surface area contributed by atoms with Crippen LogP contribution in [-0.4, -0.2) is 25.1 Å². The van der Waals surface area contributed by atoms with E-state index in [9.17, 15) is 9.59 Å². The minimum atomic E-state index is -0.820. The molecule has 0 aliphatic carbocycles. The number of aromatic nitrogens is 4. The van der Waals surface area contributed by atoms with Gasteiger partial charge in [-0.2, -0.15) is 0 Å². The summed E-state index contributed by atoms with van der Waals surface area (Å²) < 4.78 is 2.53. The third kappa shape index (κ3) is 1.82. The van der Waals surface area contributed by atoms with E-state index in [-0.39, 0.29) is 5.95 Å². The Bertz CT molecular complexity index is 928. The molecule has 3 rings (SSSR count). The van der Waals surface area contributed by atoms with Crippen molar-refractivity contribution in [1.82, 2.24) is 24.6 Å². The maximum atomic E-state index is 12.8. The number of nitrogens with one attached hydrogen (secondary N) is 2. The van der Waals surface area contributed by atoms with Crippen molar-refractivity contribution in [2.45, 2.75) is 13.0 Å². The second kappa shape index (κ2) is 5.09. The third-order valence-electron chi connectivity index (χ3n) is 3.50. The first-order chi connectivity index (χ1) is 10.6. The van der Waals surface area contributed by atoms with Gasteiger partial charge < -0.3 is 0 Å². The second-order valence-electron chi connectivity index (χ2n) is 4.68. The van der Waals surface area contributed by atoms with Crippen molar-refractivity contribution in [2.24, 2.45) is 11.7 Å². The summed E-state index contributed by atoms with van der Waals surface area (Å²) >= 11 is 0. The number of hydrazine groups is 2. The molecule has 6 N–H and O–H groups in total. The van der Waals surface area contributed by atoms with Gasteiger partial charge in [0.1, 0.15) is 6.04 Å². The molecule has 1 aromatic carbocycles. The predicted octanol–water partition coefficient (Wildman–Crippen LogP) is -1.12. The molecule has 22 heavy (non-hydrogen) atoms. The molecule has 10 heteroatoms. The summed E-state index contributed by atoms with van der Waals surface area (Å²) in [7, 11) is 0. The highest BCUT2D eigenvalue weighted by molar-refractivity contribution is 5.93. The zero-order valence-corrected chi connectivity index (χ0v) is 11.6. The lowest BCUT2D eigenvalue weighted by Crippen LogP contribution is -2.41. The first-order valence-electron chi connectivity index (χ1n) is 6.45. The van der Waals surface area contributed by atoms with Crippen molar-refractivity contribution in [3.05, 3.63) is 34.7 Å². The quantitative estimate of drug-likeness (QED) is 0.272. The van der Waals surface area contributed by atoms with E-state index in [1.165, 1.54) is 8.97 Å². The Labute approximate surface area is 123 Å². The molecule has 0 saturated heterocycles. The monoisotopic (exact) mass is 302 g/mol. The van der Waals surface area contributed by atoms with Crippen LogP contribution in [-0.2, 0) is 4.79 Å². The minimum Gasteiger partial charge on any atom is -0.292 e. The topological polar surface area (TPSA) is 145 Å². The van der Waals surface area contributed by atoms with Gasteiger partial charge in [-0.3, -0.25) is 20.2 Å². The van der Waals surface area contributed by atoms with Gasteiger partial charge in [-0.25, -0.2) is 20.9 Å². The number of fused-ring (bicyclic) bond motifs is 3. The normalized spacial score (nSPS) is 12.5. The van der Waals surface area contributed by atoms with Gasteiger partial charge in [0.25, 0.3) is 5.91 Å². The molecule has 0 radical (unpaired) electrons. The van der Waals surface area contributed by atoms with Crippen LogP contribution < -0.4 is 28.2 Å². The van der Waals surface area contributed by atoms with Gasteiger partial charge in [-0.05, 0) is 19.1 Å². The van der Waals surface area contributed by atoms with Crippen LogP contribution in [0.2, 0.25) is 0 Å². The highest BCUT2D eigenvalue weighted by atomic mass is 16.2. The summed E-state index contributed by atoms with van der Waals surface area (Å²) in [6.07, 6.45) is 0. The van der Waals surface area contributed by atoms with Crippen LogP contribution >= 0.6 is 0 Å². The Balaban J connectivity index is 2.50. The fourth-order valence-corrected chi connectivity index (χ4v) is 2.43. The lowest BCUT2D eigenvalue weighted by molar-refractivity contribution is -0.123. The Kier molecular flexibility index (Phi) is 3.23. The SMILES string of the molecule is CC(C(=O)NN)n1c(=O)n2c(NN)nnc2c2ccccc21. The van der Waals surface area contributed by atoms with E-state index in [1.54, 1.807) is 31.2 Å².